The Morgan fingerprint density at radius 2 is 1.92 bits per heavy atom. The fraction of sp³-hybridized carbons (Fsp3) is 0.0370. The highest BCUT2D eigenvalue weighted by molar-refractivity contribution is 8.18. The SMILES string of the molecule is O=C(NCc1ccccc1)Nc1ccc(Cl)c(N=C2NC(=O)C(=Cc3ccc4ncccc4c3)S2)c1. The fourth-order valence-corrected chi connectivity index (χ4v) is 4.55. The molecule has 0 bridgehead atoms. The second-order valence-electron chi connectivity index (χ2n) is 7.90. The molecule has 0 saturated carbocycles. The van der Waals surface area contributed by atoms with Crippen LogP contribution in [0, 0.1) is 0 Å². The van der Waals surface area contributed by atoms with Crippen molar-refractivity contribution in [2.45, 2.75) is 6.54 Å². The van der Waals surface area contributed by atoms with Crippen molar-refractivity contribution in [3.63, 3.8) is 0 Å². The van der Waals surface area contributed by atoms with Gasteiger partial charge in [-0.15, -0.1) is 0 Å². The number of benzene rings is 3. The lowest BCUT2D eigenvalue weighted by Crippen LogP contribution is -2.28. The van der Waals surface area contributed by atoms with Crippen LogP contribution in [-0.2, 0) is 11.3 Å². The Hall–Kier alpha value is -4.14. The lowest BCUT2D eigenvalue weighted by Gasteiger charge is -2.09. The van der Waals surface area contributed by atoms with E-state index >= 15 is 0 Å². The van der Waals surface area contributed by atoms with Gasteiger partial charge in [0.15, 0.2) is 5.17 Å². The number of carbonyl (C=O) groups excluding carboxylic acids is 2. The number of hydrogen-bond donors (Lipinski definition) is 3. The van der Waals surface area contributed by atoms with Crippen molar-refractivity contribution >= 4 is 68.8 Å². The third-order valence-corrected chi connectivity index (χ3v) is 6.53. The molecule has 0 unspecified atom stereocenters. The van der Waals surface area contributed by atoms with E-state index in [4.69, 9.17) is 11.6 Å². The number of nitrogens with zero attached hydrogens (tertiary/aromatic N) is 2. The minimum Gasteiger partial charge on any atom is -0.334 e. The molecule has 0 aliphatic carbocycles. The molecule has 5 rings (SSSR count). The third-order valence-electron chi connectivity index (χ3n) is 5.30. The summed E-state index contributed by atoms with van der Waals surface area (Å²) in [6.07, 6.45) is 3.56. The zero-order valence-electron chi connectivity index (χ0n) is 18.9. The van der Waals surface area contributed by atoms with Crippen LogP contribution in [0.2, 0.25) is 5.02 Å². The number of thioether (sulfide) groups is 1. The van der Waals surface area contributed by atoms with Gasteiger partial charge < -0.3 is 16.0 Å². The average Bonchev–Trinajstić information content (AvgIpc) is 3.23. The number of urea groups is 1. The molecule has 7 nitrogen and oxygen atoms in total. The first-order chi connectivity index (χ1) is 17.5. The number of halogens is 1. The number of fused-ring (bicyclic) bond motifs is 1. The molecule has 3 aromatic carbocycles. The second kappa shape index (κ2) is 10.6. The van der Waals surface area contributed by atoms with Crippen LogP contribution in [0.3, 0.4) is 0 Å². The van der Waals surface area contributed by atoms with E-state index in [9.17, 15) is 9.59 Å². The molecular formula is C27H20ClN5O2S. The molecule has 2 heterocycles. The maximum Gasteiger partial charge on any atom is 0.319 e. The first-order valence-electron chi connectivity index (χ1n) is 11.1. The highest BCUT2D eigenvalue weighted by atomic mass is 35.5. The molecule has 1 aromatic heterocycles. The van der Waals surface area contributed by atoms with Crippen molar-refractivity contribution in [3.05, 3.63) is 106 Å². The Bertz CT molecular complexity index is 1520. The number of nitrogens with one attached hydrogen (secondary N) is 3. The van der Waals surface area contributed by atoms with Gasteiger partial charge in [-0.1, -0.05) is 54.1 Å². The number of carbonyl (C=O) groups is 2. The highest BCUT2D eigenvalue weighted by Crippen LogP contribution is 2.33. The maximum absolute atomic E-state index is 12.5. The van der Waals surface area contributed by atoms with Crippen LogP contribution in [0.15, 0.2) is 95.0 Å². The average molecular weight is 514 g/mol. The normalized spacial score (nSPS) is 15.3. The van der Waals surface area contributed by atoms with Crippen LogP contribution in [-0.4, -0.2) is 22.1 Å². The van der Waals surface area contributed by atoms with Crippen molar-refractivity contribution in [1.82, 2.24) is 15.6 Å². The van der Waals surface area contributed by atoms with Crippen molar-refractivity contribution in [2.75, 3.05) is 5.32 Å². The quantitative estimate of drug-likeness (QED) is 0.281. The second-order valence-corrected chi connectivity index (χ2v) is 9.33. The van der Waals surface area contributed by atoms with E-state index in [0.717, 1.165) is 22.0 Å². The number of hydrogen-bond acceptors (Lipinski definition) is 5. The summed E-state index contributed by atoms with van der Waals surface area (Å²) in [7, 11) is 0. The summed E-state index contributed by atoms with van der Waals surface area (Å²) in [5.41, 5.74) is 3.73. The molecule has 1 aliphatic rings. The topological polar surface area (TPSA) is 95.5 Å². The van der Waals surface area contributed by atoms with Crippen LogP contribution in [0.5, 0.6) is 0 Å². The Balaban J connectivity index is 1.28. The van der Waals surface area contributed by atoms with Gasteiger partial charge in [0, 0.05) is 23.8 Å². The smallest absolute Gasteiger partial charge is 0.319 e. The van der Waals surface area contributed by atoms with Gasteiger partial charge in [-0.25, -0.2) is 9.79 Å². The maximum atomic E-state index is 12.5. The van der Waals surface area contributed by atoms with E-state index < -0.39 is 0 Å². The van der Waals surface area contributed by atoms with Gasteiger partial charge in [-0.2, -0.15) is 0 Å². The van der Waals surface area contributed by atoms with Crippen LogP contribution >= 0.6 is 23.4 Å². The minimum absolute atomic E-state index is 0.240. The molecule has 1 fully saturated rings. The van der Waals surface area contributed by atoms with E-state index in [1.165, 1.54) is 11.8 Å². The standard InChI is InChI=1S/C27H20ClN5O2S/c28-21-10-9-20(31-26(35)30-16-17-5-2-1-3-6-17)15-23(21)32-27-33-25(34)24(36-27)14-18-8-11-22-19(13-18)7-4-12-29-22/h1-15H,16H2,(H2,30,31,35)(H,32,33,34). The Morgan fingerprint density at radius 1 is 1.06 bits per heavy atom. The van der Waals surface area contributed by atoms with E-state index in [1.54, 1.807) is 24.4 Å². The molecule has 178 valence electrons. The van der Waals surface area contributed by atoms with Crippen molar-refractivity contribution in [1.29, 1.82) is 0 Å². The fourth-order valence-electron chi connectivity index (χ4n) is 3.55. The monoisotopic (exact) mass is 513 g/mol. The van der Waals surface area contributed by atoms with Gasteiger partial charge in [0.1, 0.15) is 0 Å². The molecule has 36 heavy (non-hydrogen) atoms. The lowest BCUT2D eigenvalue weighted by molar-refractivity contribution is -0.115. The molecule has 3 N–H and O–H groups in total. The van der Waals surface area contributed by atoms with Gasteiger partial charge in [-0.05, 0) is 65.4 Å². The molecule has 9 heteroatoms. The predicted molar refractivity (Wildman–Crippen MR) is 146 cm³/mol. The van der Waals surface area contributed by atoms with Gasteiger partial charge in [0.2, 0.25) is 0 Å². The molecule has 0 spiro atoms. The molecule has 1 aliphatic heterocycles. The number of aromatic nitrogens is 1. The number of pyridine rings is 1. The molecule has 0 radical (unpaired) electrons. The lowest BCUT2D eigenvalue weighted by atomic mass is 10.1. The van der Waals surface area contributed by atoms with E-state index in [2.05, 4.69) is 25.9 Å². The highest BCUT2D eigenvalue weighted by Gasteiger charge is 2.24. The van der Waals surface area contributed by atoms with Crippen LogP contribution in [0.4, 0.5) is 16.2 Å². The van der Waals surface area contributed by atoms with E-state index in [0.29, 0.717) is 33.0 Å². The van der Waals surface area contributed by atoms with Gasteiger partial charge in [-0.3, -0.25) is 9.78 Å². The molecule has 3 amide bonds. The first kappa shape index (κ1) is 23.6. The van der Waals surface area contributed by atoms with Crippen molar-refractivity contribution < 1.29 is 9.59 Å². The number of rotatable bonds is 5. The summed E-state index contributed by atoms with van der Waals surface area (Å²) >= 11 is 7.56. The summed E-state index contributed by atoms with van der Waals surface area (Å²) in [6, 6.07) is 23.9. The summed E-state index contributed by atoms with van der Waals surface area (Å²) in [5, 5.41) is 10.2. The Kier molecular flexibility index (Phi) is 6.97. The van der Waals surface area contributed by atoms with Crippen molar-refractivity contribution in [2.24, 2.45) is 4.99 Å². The van der Waals surface area contributed by atoms with Crippen LogP contribution < -0.4 is 16.0 Å². The summed E-state index contributed by atoms with van der Waals surface area (Å²) in [5.74, 6) is -0.240. The van der Waals surface area contributed by atoms with Gasteiger partial charge in [0.25, 0.3) is 5.91 Å². The van der Waals surface area contributed by atoms with Crippen molar-refractivity contribution in [3.8, 4) is 0 Å². The Morgan fingerprint density at radius 3 is 2.78 bits per heavy atom. The molecule has 1 saturated heterocycles. The predicted octanol–water partition coefficient (Wildman–Crippen LogP) is 6.10. The summed E-state index contributed by atoms with van der Waals surface area (Å²) in [6.45, 7) is 0.404. The zero-order chi connectivity index (χ0) is 24.9. The first-order valence-corrected chi connectivity index (χ1v) is 12.3. The number of aliphatic imine (C=N–C) groups is 1. The zero-order valence-corrected chi connectivity index (χ0v) is 20.4. The number of anilines is 1. The summed E-state index contributed by atoms with van der Waals surface area (Å²) < 4.78 is 0. The molecular weight excluding hydrogens is 494 g/mol. The summed E-state index contributed by atoms with van der Waals surface area (Å²) in [4.78, 5) is 34.2. The molecule has 4 aromatic rings. The van der Waals surface area contributed by atoms with Crippen LogP contribution in [0.25, 0.3) is 17.0 Å². The van der Waals surface area contributed by atoms with E-state index in [-0.39, 0.29) is 11.9 Å². The minimum atomic E-state index is -0.348. The Labute approximate surface area is 216 Å². The number of amidine groups is 1. The number of amides is 3. The molecule has 0 atom stereocenters. The van der Waals surface area contributed by atoms with E-state index in [1.807, 2.05) is 66.7 Å². The largest absolute Gasteiger partial charge is 0.334 e. The van der Waals surface area contributed by atoms with Gasteiger partial charge >= 0.3 is 6.03 Å². The third kappa shape index (κ3) is 5.73. The van der Waals surface area contributed by atoms with Gasteiger partial charge in [0.05, 0.1) is 21.1 Å². The van der Waals surface area contributed by atoms with Crippen LogP contribution in [0.1, 0.15) is 11.1 Å².